The SMILES string of the molecule is CCNC(=O)[C@H](Cc1ccccc1)N(Cc1ccccc1)C(=O)Cc1ccc(OC)c(OC)c1. The van der Waals surface area contributed by atoms with Gasteiger partial charge in [-0.1, -0.05) is 66.7 Å². The smallest absolute Gasteiger partial charge is 0.243 e. The molecule has 3 rings (SSSR count). The van der Waals surface area contributed by atoms with Crippen molar-refractivity contribution in [3.8, 4) is 11.5 Å². The minimum atomic E-state index is -0.643. The lowest BCUT2D eigenvalue weighted by molar-refractivity contribution is -0.140. The van der Waals surface area contributed by atoms with E-state index in [1.807, 2.05) is 73.7 Å². The fraction of sp³-hybridized carbons (Fsp3) is 0.286. The van der Waals surface area contributed by atoms with Gasteiger partial charge in [0.2, 0.25) is 11.8 Å². The number of hydrogen-bond acceptors (Lipinski definition) is 4. The molecule has 6 heteroatoms. The predicted molar refractivity (Wildman–Crippen MR) is 133 cm³/mol. The van der Waals surface area contributed by atoms with Crippen molar-refractivity contribution in [1.82, 2.24) is 10.2 Å². The molecule has 1 N–H and O–H groups in total. The number of rotatable bonds is 11. The van der Waals surface area contributed by atoms with Gasteiger partial charge in [-0.2, -0.15) is 0 Å². The average Bonchev–Trinajstić information content (AvgIpc) is 2.87. The van der Waals surface area contributed by atoms with E-state index in [0.29, 0.717) is 31.0 Å². The van der Waals surface area contributed by atoms with Crippen molar-refractivity contribution < 1.29 is 19.1 Å². The molecule has 0 saturated heterocycles. The molecule has 0 aliphatic carbocycles. The van der Waals surface area contributed by atoms with E-state index in [-0.39, 0.29) is 18.2 Å². The van der Waals surface area contributed by atoms with Gasteiger partial charge in [-0.15, -0.1) is 0 Å². The number of hydrogen-bond donors (Lipinski definition) is 1. The molecule has 0 radical (unpaired) electrons. The molecule has 0 fully saturated rings. The van der Waals surface area contributed by atoms with Crippen molar-refractivity contribution in [3.05, 3.63) is 95.6 Å². The molecule has 0 saturated carbocycles. The van der Waals surface area contributed by atoms with Crippen LogP contribution in [0.25, 0.3) is 0 Å². The van der Waals surface area contributed by atoms with E-state index in [9.17, 15) is 9.59 Å². The highest BCUT2D eigenvalue weighted by Crippen LogP contribution is 2.28. The summed E-state index contributed by atoms with van der Waals surface area (Å²) < 4.78 is 10.7. The molecule has 178 valence electrons. The Labute approximate surface area is 201 Å². The van der Waals surface area contributed by atoms with Crippen molar-refractivity contribution in [2.45, 2.75) is 32.4 Å². The van der Waals surface area contributed by atoms with Crippen LogP contribution in [0.4, 0.5) is 0 Å². The molecule has 0 unspecified atom stereocenters. The number of carbonyl (C=O) groups excluding carboxylic acids is 2. The summed E-state index contributed by atoms with van der Waals surface area (Å²) in [6, 6.07) is 24.3. The molecule has 3 aromatic carbocycles. The second-order valence-electron chi connectivity index (χ2n) is 7.97. The number of nitrogens with one attached hydrogen (secondary N) is 1. The maximum Gasteiger partial charge on any atom is 0.243 e. The molecule has 0 spiro atoms. The molecule has 0 heterocycles. The third kappa shape index (κ3) is 6.61. The minimum Gasteiger partial charge on any atom is -0.493 e. The van der Waals surface area contributed by atoms with Gasteiger partial charge in [0.15, 0.2) is 11.5 Å². The standard InChI is InChI=1S/C28H32N2O4/c1-4-29-28(32)24(17-21-11-7-5-8-12-21)30(20-22-13-9-6-10-14-22)27(31)19-23-15-16-25(33-2)26(18-23)34-3/h5-16,18,24H,4,17,19-20H2,1-3H3,(H,29,32)/t24-/m0/s1. The first-order valence-corrected chi connectivity index (χ1v) is 11.4. The maximum absolute atomic E-state index is 13.7. The molecule has 6 nitrogen and oxygen atoms in total. The van der Waals surface area contributed by atoms with Gasteiger partial charge in [-0.05, 0) is 35.7 Å². The molecule has 2 amide bonds. The van der Waals surface area contributed by atoms with Crippen LogP contribution in [-0.2, 0) is 29.0 Å². The van der Waals surface area contributed by atoms with Crippen molar-refractivity contribution in [3.63, 3.8) is 0 Å². The first-order chi connectivity index (χ1) is 16.5. The quantitative estimate of drug-likeness (QED) is 0.469. The third-order valence-corrected chi connectivity index (χ3v) is 5.62. The topological polar surface area (TPSA) is 67.9 Å². The first-order valence-electron chi connectivity index (χ1n) is 11.4. The maximum atomic E-state index is 13.7. The highest BCUT2D eigenvalue weighted by Gasteiger charge is 2.30. The summed E-state index contributed by atoms with van der Waals surface area (Å²) in [6.07, 6.45) is 0.565. The lowest BCUT2D eigenvalue weighted by atomic mass is 10.0. The van der Waals surface area contributed by atoms with E-state index >= 15 is 0 Å². The van der Waals surface area contributed by atoms with Crippen LogP contribution in [-0.4, -0.2) is 43.5 Å². The van der Waals surface area contributed by atoms with E-state index in [2.05, 4.69) is 5.32 Å². The van der Waals surface area contributed by atoms with Gasteiger partial charge in [0, 0.05) is 19.5 Å². The zero-order chi connectivity index (χ0) is 24.3. The molecule has 0 aromatic heterocycles. The molecule has 0 bridgehead atoms. The van der Waals surface area contributed by atoms with E-state index in [0.717, 1.165) is 16.7 Å². The van der Waals surface area contributed by atoms with Crippen LogP contribution < -0.4 is 14.8 Å². The number of benzene rings is 3. The van der Waals surface area contributed by atoms with Crippen LogP contribution in [0.1, 0.15) is 23.6 Å². The van der Waals surface area contributed by atoms with Gasteiger partial charge in [-0.3, -0.25) is 9.59 Å². The summed E-state index contributed by atoms with van der Waals surface area (Å²) >= 11 is 0. The van der Waals surface area contributed by atoms with E-state index in [4.69, 9.17) is 9.47 Å². The van der Waals surface area contributed by atoms with Gasteiger partial charge in [0.1, 0.15) is 6.04 Å². The van der Waals surface area contributed by atoms with Gasteiger partial charge in [0.05, 0.1) is 20.6 Å². The van der Waals surface area contributed by atoms with Crippen LogP contribution in [0, 0.1) is 0 Å². The lowest BCUT2D eigenvalue weighted by Crippen LogP contribution is -2.50. The van der Waals surface area contributed by atoms with Crippen LogP contribution in [0.2, 0.25) is 0 Å². The predicted octanol–water partition coefficient (Wildman–Crippen LogP) is 4.02. The molecule has 34 heavy (non-hydrogen) atoms. The van der Waals surface area contributed by atoms with Crippen molar-refractivity contribution >= 4 is 11.8 Å². The number of amides is 2. The van der Waals surface area contributed by atoms with E-state index in [1.54, 1.807) is 31.3 Å². The molecule has 0 aliphatic rings. The fourth-order valence-electron chi connectivity index (χ4n) is 3.89. The van der Waals surface area contributed by atoms with Crippen LogP contribution in [0.15, 0.2) is 78.9 Å². The Bertz CT molecular complexity index is 1070. The highest BCUT2D eigenvalue weighted by atomic mass is 16.5. The zero-order valence-corrected chi connectivity index (χ0v) is 20.0. The number of methoxy groups -OCH3 is 2. The number of ether oxygens (including phenoxy) is 2. The summed E-state index contributed by atoms with van der Waals surface area (Å²) in [7, 11) is 3.14. The second-order valence-corrected chi connectivity index (χ2v) is 7.97. The minimum absolute atomic E-state index is 0.136. The van der Waals surface area contributed by atoms with Crippen molar-refractivity contribution in [2.24, 2.45) is 0 Å². The van der Waals surface area contributed by atoms with E-state index in [1.165, 1.54) is 0 Å². The Morgan fingerprint density at radius 2 is 1.44 bits per heavy atom. The third-order valence-electron chi connectivity index (χ3n) is 5.62. The molecule has 3 aromatic rings. The van der Waals surface area contributed by atoms with Crippen LogP contribution in [0.5, 0.6) is 11.5 Å². The Balaban J connectivity index is 1.94. The summed E-state index contributed by atoms with van der Waals surface area (Å²) in [5.41, 5.74) is 2.75. The Kier molecular flexibility index (Phi) is 9.09. The van der Waals surface area contributed by atoms with Gasteiger partial charge in [0.25, 0.3) is 0 Å². The van der Waals surface area contributed by atoms with E-state index < -0.39 is 6.04 Å². The largest absolute Gasteiger partial charge is 0.493 e. The lowest BCUT2D eigenvalue weighted by Gasteiger charge is -2.31. The Morgan fingerprint density at radius 3 is 2.03 bits per heavy atom. The van der Waals surface area contributed by atoms with Gasteiger partial charge >= 0.3 is 0 Å². The first kappa shape index (κ1) is 24.8. The fourth-order valence-corrected chi connectivity index (χ4v) is 3.89. The molecular weight excluding hydrogens is 428 g/mol. The molecule has 0 aliphatic heterocycles. The average molecular weight is 461 g/mol. The number of carbonyl (C=O) groups is 2. The highest BCUT2D eigenvalue weighted by molar-refractivity contribution is 5.88. The number of nitrogens with zero attached hydrogens (tertiary/aromatic N) is 1. The number of likely N-dealkylation sites (N-methyl/N-ethyl adjacent to an activating group) is 1. The van der Waals surface area contributed by atoms with Gasteiger partial charge in [-0.25, -0.2) is 0 Å². The van der Waals surface area contributed by atoms with Crippen LogP contribution >= 0.6 is 0 Å². The molecule has 1 atom stereocenters. The van der Waals surface area contributed by atoms with Crippen LogP contribution in [0.3, 0.4) is 0 Å². The monoisotopic (exact) mass is 460 g/mol. The molecular formula is C28H32N2O4. The van der Waals surface area contributed by atoms with Gasteiger partial charge < -0.3 is 19.7 Å². The summed E-state index contributed by atoms with van der Waals surface area (Å²) in [5, 5.41) is 2.91. The van der Waals surface area contributed by atoms with Crippen molar-refractivity contribution in [2.75, 3.05) is 20.8 Å². The normalized spacial score (nSPS) is 11.4. The summed E-state index contributed by atoms with van der Waals surface area (Å²) in [4.78, 5) is 28.5. The van der Waals surface area contributed by atoms with Crippen molar-refractivity contribution in [1.29, 1.82) is 0 Å². The zero-order valence-electron chi connectivity index (χ0n) is 20.0. The summed E-state index contributed by atoms with van der Waals surface area (Å²) in [5.74, 6) is 0.863. The Morgan fingerprint density at radius 1 is 0.824 bits per heavy atom. The second kappa shape index (κ2) is 12.4. The Hall–Kier alpha value is -3.80. The summed E-state index contributed by atoms with van der Waals surface area (Å²) in [6.45, 7) is 2.71.